The fourth-order valence-electron chi connectivity index (χ4n) is 2.81. The van der Waals surface area contributed by atoms with Crippen LogP contribution < -0.4 is 21.5 Å². The third-order valence-corrected chi connectivity index (χ3v) is 4.12. The zero-order valence-corrected chi connectivity index (χ0v) is 15.8. The van der Waals surface area contributed by atoms with Crippen LogP contribution in [0, 0.1) is 0 Å². The molecule has 2 aliphatic carbocycles. The molecule has 0 saturated heterocycles. The number of halogens is 1. The molecule has 0 saturated carbocycles. The van der Waals surface area contributed by atoms with Crippen molar-refractivity contribution in [3.8, 4) is 11.1 Å². The highest BCUT2D eigenvalue weighted by Crippen LogP contribution is 2.34. The van der Waals surface area contributed by atoms with E-state index in [4.69, 9.17) is 0 Å². The van der Waals surface area contributed by atoms with E-state index in [1.54, 1.807) is 0 Å². The molecule has 0 aliphatic heterocycles. The van der Waals surface area contributed by atoms with E-state index < -0.39 is 0 Å². The molecule has 3 nitrogen and oxygen atoms in total. The molecule has 4 heteroatoms. The number of fused-ring (bicyclic) bond motifs is 1. The van der Waals surface area contributed by atoms with Crippen LogP contribution in [0.2, 0.25) is 0 Å². The molecule has 0 spiro atoms. The Hall–Kier alpha value is -2.85. The summed E-state index contributed by atoms with van der Waals surface area (Å²) in [5.41, 5.74) is 5.31. The van der Waals surface area contributed by atoms with Crippen LogP contribution in [0.15, 0.2) is 108 Å². The van der Waals surface area contributed by atoms with Crippen LogP contribution >= 0.6 is 0 Å². The number of azo groups is 1. The third-order valence-electron chi connectivity index (χ3n) is 4.12. The van der Waals surface area contributed by atoms with Gasteiger partial charge >= 0.3 is 0 Å². The van der Waals surface area contributed by atoms with Crippen molar-refractivity contribution in [2.75, 3.05) is 0 Å². The molecule has 0 atom stereocenters. The van der Waals surface area contributed by atoms with Crippen molar-refractivity contribution in [3.05, 3.63) is 103 Å². The Kier molecular flexibility index (Phi) is 5.87. The second-order valence-electron chi connectivity index (χ2n) is 5.91. The highest BCUT2D eigenvalue weighted by molar-refractivity contribution is 5.79. The minimum Gasteiger partial charge on any atom is -1.00 e. The van der Waals surface area contributed by atoms with E-state index in [2.05, 4.69) is 57.3 Å². The van der Waals surface area contributed by atoms with Crippen LogP contribution in [0.25, 0.3) is 11.1 Å². The molecule has 0 fully saturated rings. The largest absolute Gasteiger partial charge is 1.00 e. The molecule has 0 radical (unpaired) electrons. The fourth-order valence-corrected chi connectivity index (χ4v) is 2.81. The molecule has 1 aromatic heterocycles. The van der Waals surface area contributed by atoms with E-state index in [1.807, 2.05) is 54.9 Å². The molecule has 26 heavy (non-hydrogen) atoms. The Balaban J connectivity index is 0.00000196. The summed E-state index contributed by atoms with van der Waals surface area (Å²) in [6, 6.07) is 28.7. The van der Waals surface area contributed by atoms with Crippen LogP contribution in [0.4, 0.5) is 11.4 Å². The van der Waals surface area contributed by atoms with Crippen LogP contribution in [0.3, 0.4) is 0 Å². The third kappa shape index (κ3) is 4.21. The topological polar surface area (TPSA) is 28.6 Å². The maximum absolute atomic E-state index is 4.42. The lowest BCUT2D eigenvalue weighted by Gasteiger charge is -1.98. The van der Waals surface area contributed by atoms with Crippen molar-refractivity contribution in [1.29, 1.82) is 0 Å². The van der Waals surface area contributed by atoms with Gasteiger partial charge in [-0.25, -0.2) is 4.57 Å². The molecule has 128 valence electrons. The van der Waals surface area contributed by atoms with Crippen molar-refractivity contribution in [1.82, 2.24) is 0 Å². The summed E-state index contributed by atoms with van der Waals surface area (Å²) in [5.74, 6) is 0. The van der Waals surface area contributed by atoms with Gasteiger partial charge in [0.2, 0.25) is 0 Å². The highest BCUT2D eigenvalue weighted by Gasteiger charge is 2.07. The number of benzene rings is 1. The van der Waals surface area contributed by atoms with Gasteiger partial charge in [-0.2, -0.15) is 5.11 Å². The van der Waals surface area contributed by atoms with Gasteiger partial charge in [-0.05, 0) is 11.6 Å². The summed E-state index contributed by atoms with van der Waals surface area (Å²) in [5, 5.41) is 8.80. The molecular weight excluding hydrogens is 386 g/mol. The van der Waals surface area contributed by atoms with E-state index >= 15 is 0 Å². The van der Waals surface area contributed by atoms with Gasteiger partial charge in [-0.15, -0.1) is 5.11 Å². The first kappa shape index (κ1) is 18.0. The average molecular weight is 404 g/mol. The van der Waals surface area contributed by atoms with Gasteiger partial charge in [0, 0.05) is 23.3 Å². The summed E-state index contributed by atoms with van der Waals surface area (Å²) in [6.07, 6.45) is 4.06. The fraction of sp³-hybridized carbons (Fsp3) is 0.0455. The molecule has 0 bridgehead atoms. The van der Waals surface area contributed by atoms with E-state index in [9.17, 15) is 0 Å². The molecule has 2 aromatic rings. The summed E-state index contributed by atoms with van der Waals surface area (Å²) in [4.78, 5) is 0. The Bertz CT molecular complexity index is 966. The van der Waals surface area contributed by atoms with Crippen molar-refractivity contribution in [3.63, 3.8) is 0 Å². The molecular formula is C22H18BrN3. The SMILES string of the molecule is [Br-].c1ccc(C[n+]2ccc(N=Nc3ccc4cccccc3-4)cc2)cc1. The quantitative estimate of drug-likeness (QED) is 0.370. The zero-order chi connectivity index (χ0) is 16.9. The summed E-state index contributed by atoms with van der Waals surface area (Å²) in [7, 11) is 0. The summed E-state index contributed by atoms with van der Waals surface area (Å²) >= 11 is 0. The monoisotopic (exact) mass is 403 g/mol. The van der Waals surface area contributed by atoms with E-state index in [0.29, 0.717) is 0 Å². The molecule has 1 aromatic carbocycles. The lowest BCUT2D eigenvalue weighted by molar-refractivity contribution is -0.688. The molecule has 0 amide bonds. The number of pyridine rings is 1. The molecule has 2 aliphatic rings. The summed E-state index contributed by atoms with van der Waals surface area (Å²) < 4.78 is 2.13. The van der Waals surface area contributed by atoms with Crippen molar-refractivity contribution < 1.29 is 21.5 Å². The first-order valence-corrected chi connectivity index (χ1v) is 8.31. The minimum absolute atomic E-state index is 0. The molecule has 0 unspecified atom stereocenters. The molecule has 4 rings (SSSR count). The van der Waals surface area contributed by atoms with Gasteiger partial charge in [-0.3, -0.25) is 0 Å². The van der Waals surface area contributed by atoms with Crippen LogP contribution in [0.1, 0.15) is 5.56 Å². The van der Waals surface area contributed by atoms with Gasteiger partial charge in [0.25, 0.3) is 0 Å². The minimum atomic E-state index is 0. The standard InChI is InChI=1S/C22H18N3.BrH/c1-3-7-18(8-4-1)17-25-15-13-20(14-16-25)23-24-22-12-11-19-9-5-2-6-10-21(19)22;/h1-16H,17H2;1H/q+1;/p-1. The Morgan fingerprint density at radius 2 is 1.35 bits per heavy atom. The van der Waals surface area contributed by atoms with Crippen LogP contribution in [-0.2, 0) is 6.54 Å². The Morgan fingerprint density at radius 3 is 2.12 bits per heavy atom. The van der Waals surface area contributed by atoms with Gasteiger partial charge in [0.15, 0.2) is 18.9 Å². The Morgan fingerprint density at radius 1 is 0.654 bits per heavy atom. The van der Waals surface area contributed by atoms with E-state index in [0.717, 1.165) is 23.5 Å². The van der Waals surface area contributed by atoms with Crippen molar-refractivity contribution >= 4 is 11.4 Å². The number of aromatic nitrogens is 1. The maximum Gasteiger partial charge on any atom is 0.173 e. The van der Waals surface area contributed by atoms with Crippen molar-refractivity contribution in [2.45, 2.75) is 6.54 Å². The number of hydrogen-bond donors (Lipinski definition) is 0. The van der Waals surface area contributed by atoms with Gasteiger partial charge in [0.05, 0.1) is 11.4 Å². The lowest BCUT2D eigenvalue weighted by atomic mass is 10.2. The number of nitrogens with zero attached hydrogens (tertiary/aromatic N) is 3. The second-order valence-corrected chi connectivity index (χ2v) is 5.91. The van der Waals surface area contributed by atoms with E-state index in [-0.39, 0.29) is 17.0 Å². The first-order valence-electron chi connectivity index (χ1n) is 8.31. The van der Waals surface area contributed by atoms with Gasteiger partial charge in [0.1, 0.15) is 0 Å². The smallest absolute Gasteiger partial charge is 0.173 e. The highest BCUT2D eigenvalue weighted by atomic mass is 79.9. The molecule has 1 heterocycles. The first-order chi connectivity index (χ1) is 12.4. The van der Waals surface area contributed by atoms with Crippen LogP contribution in [0.5, 0.6) is 0 Å². The van der Waals surface area contributed by atoms with Crippen LogP contribution in [-0.4, -0.2) is 0 Å². The van der Waals surface area contributed by atoms with Crippen molar-refractivity contribution in [2.24, 2.45) is 10.2 Å². The molecule has 0 N–H and O–H groups in total. The Labute approximate surface area is 163 Å². The number of rotatable bonds is 4. The maximum atomic E-state index is 4.42. The van der Waals surface area contributed by atoms with Gasteiger partial charge in [-0.1, -0.05) is 66.7 Å². The van der Waals surface area contributed by atoms with Gasteiger partial charge < -0.3 is 17.0 Å². The second kappa shape index (κ2) is 8.50. The summed E-state index contributed by atoms with van der Waals surface area (Å²) in [6.45, 7) is 0.849. The zero-order valence-electron chi connectivity index (χ0n) is 14.2. The normalized spacial score (nSPS) is 10.8. The number of hydrogen-bond acceptors (Lipinski definition) is 2. The lowest BCUT2D eigenvalue weighted by Crippen LogP contribution is -3.00. The average Bonchev–Trinajstić information content (AvgIpc) is 2.88. The van der Waals surface area contributed by atoms with E-state index in [1.165, 1.54) is 11.1 Å². The predicted octanol–water partition coefficient (Wildman–Crippen LogP) is 2.55. The predicted molar refractivity (Wildman–Crippen MR) is 99.4 cm³/mol.